The number of hydrogen-bond donors (Lipinski definition) is 2. The number of para-hydroxylation sites is 1. The minimum atomic E-state index is 0.750. The van der Waals surface area contributed by atoms with E-state index in [4.69, 9.17) is 20.4 Å². The van der Waals surface area contributed by atoms with Crippen LogP contribution in [0.2, 0.25) is 0 Å². The van der Waals surface area contributed by atoms with Crippen LogP contribution in [0.1, 0.15) is 5.56 Å². The Labute approximate surface area is 94.7 Å². The van der Waals surface area contributed by atoms with E-state index in [2.05, 4.69) is 50.2 Å². The molecule has 16 heavy (non-hydrogen) atoms. The topological polar surface area (TPSA) is 85.1 Å². The number of benzene rings is 1. The van der Waals surface area contributed by atoms with Gasteiger partial charge in [0.15, 0.2) is 0 Å². The lowest BCUT2D eigenvalue weighted by Gasteiger charge is -2.14. The first-order valence-electron chi connectivity index (χ1n) is 4.35. The average molecular weight is 221 g/mol. The second-order valence-electron chi connectivity index (χ2n) is 2.89. The minimum absolute atomic E-state index is 0.750. The Morgan fingerprint density at radius 2 is 1.44 bits per heavy atom. The van der Waals surface area contributed by atoms with Gasteiger partial charge in [-0.3, -0.25) is 0 Å². The molecule has 0 bridgehead atoms. The van der Waals surface area contributed by atoms with Crippen molar-refractivity contribution in [2.24, 2.45) is 0 Å². The second-order valence-corrected chi connectivity index (χ2v) is 2.89. The maximum Gasteiger partial charge on any atom is 0.231 e. The van der Waals surface area contributed by atoms with Gasteiger partial charge in [-0.1, -0.05) is 18.2 Å². The summed E-state index contributed by atoms with van der Waals surface area (Å²) in [5.41, 5.74) is 2.62. The van der Waals surface area contributed by atoms with Crippen molar-refractivity contribution in [2.45, 2.75) is 6.92 Å². The number of isocyanates is 2. The monoisotopic (exact) mass is 221 g/mol. The number of nitrogens with one attached hydrogen (secondary N) is 2. The van der Waals surface area contributed by atoms with E-state index in [-0.39, 0.29) is 0 Å². The fourth-order valence-electron chi connectivity index (χ4n) is 1.07. The van der Waals surface area contributed by atoms with Crippen molar-refractivity contribution in [3.63, 3.8) is 0 Å². The highest BCUT2D eigenvalue weighted by atomic mass is 16.1. The van der Waals surface area contributed by atoms with Gasteiger partial charge in [0.25, 0.3) is 0 Å². The zero-order chi connectivity index (χ0) is 13.0. The number of rotatable bonds is 1. The zero-order valence-corrected chi connectivity index (χ0v) is 9.57. The Morgan fingerprint density at radius 1 is 1.06 bits per heavy atom. The van der Waals surface area contributed by atoms with Gasteiger partial charge < -0.3 is 4.90 Å². The van der Waals surface area contributed by atoms with E-state index in [9.17, 15) is 0 Å². The molecule has 0 fully saturated rings. The summed E-state index contributed by atoms with van der Waals surface area (Å²) in [7, 11) is 4.12. The van der Waals surface area contributed by atoms with Gasteiger partial charge in [0, 0.05) is 19.8 Å². The first-order valence-corrected chi connectivity index (χ1v) is 4.35. The molecule has 0 aliphatic carbocycles. The van der Waals surface area contributed by atoms with Gasteiger partial charge in [-0.2, -0.15) is 0 Å². The molecule has 0 saturated carbocycles. The molecular formula is C11H15N3O2. The van der Waals surface area contributed by atoms with E-state index in [1.165, 1.54) is 11.3 Å². The van der Waals surface area contributed by atoms with Crippen LogP contribution in [-0.4, -0.2) is 26.3 Å². The smallest absolute Gasteiger partial charge is 0.231 e. The molecule has 0 atom stereocenters. The second kappa shape index (κ2) is 10.9. The third-order valence-electron chi connectivity index (χ3n) is 1.60. The van der Waals surface area contributed by atoms with Gasteiger partial charge in [0.2, 0.25) is 12.2 Å². The van der Waals surface area contributed by atoms with Gasteiger partial charge in [0.1, 0.15) is 0 Å². The Balaban J connectivity index is 0. The third kappa shape index (κ3) is 8.38. The zero-order valence-electron chi connectivity index (χ0n) is 9.57. The fraction of sp³-hybridized carbons (Fsp3) is 0.273. The Kier molecular flexibility index (Phi) is 11.0. The molecule has 0 spiro atoms. The van der Waals surface area contributed by atoms with Gasteiger partial charge >= 0.3 is 0 Å². The molecule has 1 aromatic carbocycles. The molecule has 0 radical (unpaired) electrons. The highest BCUT2D eigenvalue weighted by Crippen LogP contribution is 2.15. The summed E-state index contributed by atoms with van der Waals surface area (Å²) in [4.78, 5) is 18.8. The molecule has 86 valence electrons. The fourth-order valence-corrected chi connectivity index (χ4v) is 1.07. The van der Waals surface area contributed by atoms with Gasteiger partial charge in [-0.05, 0) is 18.6 Å². The maximum absolute atomic E-state index is 8.35. The molecule has 0 aliphatic heterocycles. The van der Waals surface area contributed by atoms with Crippen molar-refractivity contribution in [3.05, 3.63) is 29.8 Å². The lowest BCUT2D eigenvalue weighted by Crippen LogP contribution is -2.09. The van der Waals surface area contributed by atoms with Crippen LogP contribution < -0.4 is 4.90 Å². The number of anilines is 1. The van der Waals surface area contributed by atoms with Gasteiger partial charge in [0.05, 0.1) is 0 Å². The van der Waals surface area contributed by atoms with E-state index in [0.29, 0.717) is 0 Å². The van der Waals surface area contributed by atoms with E-state index >= 15 is 0 Å². The summed E-state index contributed by atoms with van der Waals surface area (Å²) in [5, 5.41) is 10.8. The summed E-state index contributed by atoms with van der Waals surface area (Å²) < 4.78 is 0. The van der Waals surface area contributed by atoms with Crippen LogP contribution in [0, 0.1) is 17.7 Å². The highest BCUT2D eigenvalue weighted by Gasteiger charge is 1.95. The molecule has 5 heteroatoms. The molecule has 0 aliphatic rings. The molecule has 1 rings (SSSR count). The van der Waals surface area contributed by atoms with E-state index in [1.807, 2.05) is 0 Å². The standard InChI is InChI=1S/C9H13N.2CHNO/c1-8-6-4-5-7-9(8)10(2)3;2*2-1-3/h4-7H,1-3H3;2*2H. The van der Waals surface area contributed by atoms with Crippen LogP contribution in [0.4, 0.5) is 5.69 Å². The van der Waals surface area contributed by atoms with Crippen molar-refractivity contribution < 1.29 is 9.59 Å². The summed E-state index contributed by atoms with van der Waals surface area (Å²) in [6, 6.07) is 8.36. The SMILES string of the molecule is Cc1ccccc1N(C)C.N=C=O.N=C=O. The molecule has 0 amide bonds. The molecule has 0 heterocycles. The summed E-state index contributed by atoms with van der Waals surface area (Å²) in [6.07, 6.45) is 1.50. The number of nitrogens with zero attached hydrogens (tertiary/aromatic N) is 1. The minimum Gasteiger partial charge on any atom is -0.377 e. The van der Waals surface area contributed by atoms with Crippen molar-refractivity contribution in [2.75, 3.05) is 19.0 Å². The molecule has 1 aromatic rings. The average Bonchev–Trinajstić information content (AvgIpc) is 2.20. The number of hydrogen-bond acceptors (Lipinski definition) is 5. The quantitative estimate of drug-likeness (QED) is 0.560. The van der Waals surface area contributed by atoms with Crippen LogP contribution >= 0.6 is 0 Å². The van der Waals surface area contributed by atoms with Crippen LogP contribution in [-0.2, 0) is 9.59 Å². The third-order valence-corrected chi connectivity index (χ3v) is 1.60. The van der Waals surface area contributed by atoms with E-state index < -0.39 is 0 Å². The first-order chi connectivity index (χ1) is 7.54. The molecule has 2 N–H and O–H groups in total. The number of carbonyl (C=O) groups excluding carboxylic acids is 2. The molecule has 0 aromatic heterocycles. The van der Waals surface area contributed by atoms with Crippen molar-refractivity contribution in [1.82, 2.24) is 0 Å². The Morgan fingerprint density at radius 3 is 1.69 bits per heavy atom. The molecule has 0 unspecified atom stereocenters. The van der Waals surface area contributed by atoms with Crippen LogP contribution in [0.15, 0.2) is 24.3 Å². The summed E-state index contributed by atoms with van der Waals surface area (Å²) in [6.45, 7) is 2.12. The normalized spacial score (nSPS) is 6.94. The van der Waals surface area contributed by atoms with Crippen LogP contribution in [0.3, 0.4) is 0 Å². The van der Waals surface area contributed by atoms with Crippen molar-refractivity contribution in [3.8, 4) is 0 Å². The Hall–Kier alpha value is -2.22. The lowest BCUT2D eigenvalue weighted by atomic mass is 10.2. The van der Waals surface area contributed by atoms with Crippen molar-refractivity contribution >= 4 is 17.8 Å². The maximum atomic E-state index is 8.35. The number of aryl methyl sites for hydroxylation is 1. The predicted molar refractivity (Wildman–Crippen MR) is 62.3 cm³/mol. The highest BCUT2D eigenvalue weighted by molar-refractivity contribution is 5.51. The first kappa shape index (κ1) is 16.2. The van der Waals surface area contributed by atoms with Crippen LogP contribution in [0.25, 0.3) is 0 Å². The largest absolute Gasteiger partial charge is 0.377 e. The lowest BCUT2D eigenvalue weighted by molar-refractivity contribution is 0.562. The van der Waals surface area contributed by atoms with Gasteiger partial charge in [-0.15, -0.1) is 0 Å². The van der Waals surface area contributed by atoms with E-state index in [0.717, 1.165) is 12.2 Å². The van der Waals surface area contributed by atoms with Crippen molar-refractivity contribution in [1.29, 1.82) is 10.8 Å². The predicted octanol–water partition coefficient (Wildman–Crippen LogP) is 1.86. The van der Waals surface area contributed by atoms with Crippen LogP contribution in [0.5, 0.6) is 0 Å². The summed E-state index contributed by atoms with van der Waals surface area (Å²) in [5.74, 6) is 0. The molecule has 5 nitrogen and oxygen atoms in total. The molecular weight excluding hydrogens is 206 g/mol. The molecule has 0 saturated heterocycles. The van der Waals surface area contributed by atoms with E-state index in [1.54, 1.807) is 0 Å². The Bertz CT molecular complexity index is 351. The summed E-state index contributed by atoms with van der Waals surface area (Å²) >= 11 is 0. The van der Waals surface area contributed by atoms with Gasteiger partial charge in [-0.25, -0.2) is 20.4 Å².